The van der Waals surface area contributed by atoms with Crippen LogP contribution in [0, 0.1) is 20.8 Å². The van der Waals surface area contributed by atoms with Crippen LogP contribution in [0.25, 0.3) is 21.3 Å². The Balaban J connectivity index is 1.59. The minimum atomic E-state index is -0.177. The van der Waals surface area contributed by atoms with Crippen LogP contribution >= 0.6 is 23.1 Å². The minimum Gasteiger partial charge on any atom is -0.310 e. The number of thiophene rings is 1. The molecule has 0 saturated heterocycles. The summed E-state index contributed by atoms with van der Waals surface area (Å²) in [5, 5.41) is 10.2. The van der Waals surface area contributed by atoms with E-state index in [2.05, 4.69) is 41.4 Å². The molecule has 0 bridgehead atoms. The zero-order chi connectivity index (χ0) is 22.3. The molecule has 7 nitrogen and oxygen atoms in total. The van der Waals surface area contributed by atoms with Gasteiger partial charge in [-0.3, -0.25) is 18.8 Å². The third-order valence-corrected chi connectivity index (χ3v) is 7.10. The predicted octanol–water partition coefficient (Wildman–Crippen LogP) is 4.05. The third kappa shape index (κ3) is 4.15. The zero-order valence-electron chi connectivity index (χ0n) is 18.0. The highest BCUT2D eigenvalue weighted by atomic mass is 32.2. The highest BCUT2D eigenvalue weighted by Gasteiger charge is 2.17. The normalized spacial score (nSPS) is 11.3. The van der Waals surface area contributed by atoms with Gasteiger partial charge in [-0.05, 0) is 37.5 Å². The lowest BCUT2D eigenvalue weighted by Gasteiger charge is -2.09. The van der Waals surface area contributed by atoms with Crippen molar-refractivity contribution < 1.29 is 4.79 Å². The van der Waals surface area contributed by atoms with Crippen LogP contribution in [-0.2, 0) is 18.9 Å². The Labute approximate surface area is 188 Å². The summed E-state index contributed by atoms with van der Waals surface area (Å²) in [5.41, 5.74) is 5.04. The summed E-state index contributed by atoms with van der Waals surface area (Å²) in [4.78, 5) is 30.9. The van der Waals surface area contributed by atoms with Gasteiger partial charge in [0.05, 0.1) is 16.8 Å². The molecule has 4 aromatic rings. The van der Waals surface area contributed by atoms with Crippen molar-refractivity contribution in [2.24, 2.45) is 14.1 Å². The van der Waals surface area contributed by atoms with Gasteiger partial charge in [-0.2, -0.15) is 5.10 Å². The van der Waals surface area contributed by atoms with Crippen molar-refractivity contribution in [2.75, 3.05) is 11.1 Å². The maximum Gasteiger partial charge on any atom is 0.263 e. The third-order valence-electron chi connectivity index (χ3n) is 5.19. The molecule has 0 radical (unpaired) electrons. The Bertz CT molecular complexity index is 1370. The van der Waals surface area contributed by atoms with Crippen molar-refractivity contribution >= 4 is 45.0 Å². The van der Waals surface area contributed by atoms with E-state index in [-0.39, 0.29) is 17.2 Å². The van der Waals surface area contributed by atoms with E-state index in [0.29, 0.717) is 21.2 Å². The fraction of sp³-hybridized carbons (Fsp3) is 0.273. The second kappa shape index (κ2) is 8.32. The van der Waals surface area contributed by atoms with Crippen molar-refractivity contribution in [2.45, 2.75) is 25.9 Å². The number of hydrogen-bond acceptors (Lipinski definition) is 6. The monoisotopic (exact) mass is 453 g/mol. The van der Waals surface area contributed by atoms with E-state index >= 15 is 0 Å². The molecule has 160 valence electrons. The molecule has 4 rings (SSSR count). The summed E-state index contributed by atoms with van der Waals surface area (Å²) in [6, 6.07) is 8.01. The molecule has 0 aliphatic carbocycles. The number of hydrogen-bond donors (Lipinski definition) is 1. The first-order chi connectivity index (χ1) is 14.7. The first-order valence-corrected chi connectivity index (χ1v) is 11.6. The Hall–Kier alpha value is -2.91. The number of rotatable bonds is 5. The molecule has 0 saturated carbocycles. The molecule has 1 amide bonds. The highest BCUT2D eigenvalue weighted by molar-refractivity contribution is 7.99. The van der Waals surface area contributed by atoms with Crippen LogP contribution in [0.15, 0.2) is 39.6 Å². The number of anilines is 1. The van der Waals surface area contributed by atoms with E-state index in [1.807, 2.05) is 24.4 Å². The zero-order valence-corrected chi connectivity index (χ0v) is 19.6. The van der Waals surface area contributed by atoms with Gasteiger partial charge < -0.3 is 5.32 Å². The van der Waals surface area contributed by atoms with Gasteiger partial charge in [-0.15, -0.1) is 11.3 Å². The minimum absolute atomic E-state index is 0.107. The Morgan fingerprint density at radius 1 is 1.16 bits per heavy atom. The average Bonchev–Trinajstić information content (AvgIpc) is 3.28. The number of thioether (sulfide) groups is 1. The quantitative estimate of drug-likeness (QED) is 0.364. The summed E-state index contributed by atoms with van der Waals surface area (Å²) < 4.78 is 3.14. The molecule has 1 N–H and O–H groups in total. The molecule has 31 heavy (non-hydrogen) atoms. The SMILES string of the molecule is Cc1cc(NC(=O)CSc2nc3scc(-c4ccc(C)c(C)c4)c3c(=O)n2C)n(C)n1. The van der Waals surface area contributed by atoms with Crippen LogP contribution in [0.3, 0.4) is 0 Å². The first kappa shape index (κ1) is 21.3. The van der Waals surface area contributed by atoms with Crippen molar-refractivity contribution in [3.63, 3.8) is 0 Å². The molecule has 1 aromatic carbocycles. The molecule has 0 aliphatic rings. The number of nitrogens with one attached hydrogen (secondary N) is 1. The second-order valence-electron chi connectivity index (χ2n) is 7.52. The highest BCUT2D eigenvalue weighted by Crippen LogP contribution is 2.33. The van der Waals surface area contributed by atoms with E-state index in [9.17, 15) is 9.59 Å². The van der Waals surface area contributed by atoms with Crippen molar-refractivity contribution in [3.05, 3.63) is 56.8 Å². The fourth-order valence-corrected chi connectivity index (χ4v) is 5.10. The van der Waals surface area contributed by atoms with Gasteiger partial charge in [0.1, 0.15) is 10.6 Å². The van der Waals surface area contributed by atoms with Gasteiger partial charge in [0.25, 0.3) is 5.56 Å². The summed E-state index contributed by atoms with van der Waals surface area (Å²) >= 11 is 2.69. The molecule has 0 atom stereocenters. The van der Waals surface area contributed by atoms with Crippen molar-refractivity contribution in [3.8, 4) is 11.1 Å². The van der Waals surface area contributed by atoms with Crippen molar-refractivity contribution in [1.82, 2.24) is 19.3 Å². The number of carbonyl (C=O) groups is 1. The Morgan fingerprint density at radius 3 is 2.61 bits per heavy atom. The Morgan fingerprint density at radius 2 is 1.94 bits per heavy atom. The molecular formula is C22H23N5O2S2. The number of aryl methyl sites for hydroxylation is 4. The van der Waals surface area contributed by atoms with E-state index in [1.165, 1.54) is 38.8 Å². The first-order valence-electron chi connectivity index (χ1n) is 9.73. The molecular weight excluding hydrogens is 430 g/mol. The van der Waals surface area contributed by atoms with Gasteiger partial charge in [0.2, 0.25) is 5.91 Å². The number of benzene rings is 1. The largest absolute Gasteiger partial charge is 0.310 e. The molecule has 0 unspecified atom stereocenters. The maximum atomic E-state index is 13.1. The van der Waals surface area contributed by atoms with Crippen LogP contribution in [0.2, 0.25) is 0 Å². The number of fused-ring (bicyclic) bond motifs is 1. The summed E-state index contributed by atoms with van der Waals surface area (Å²) in [7, 11) is 3.47. The number of carbonyl (C=O) groups excluding carboxylic acids is 1. The lowest BCUT2D eigenvalue weighted by molar-refractivity contribution is -0.113. The van der Waals surface area contributed by atoms with Crippen LogP contribution in [0.5, 0.6) is 0 Å². The molecule has 0 fully saturated rings. The number of nitrogens with zero attached hydrogens (tertiary/aromatic N) is 4. The van der Waals surface area contributed by atoms with Gasteiger partial charge >= 0.3 is 0 Å². The standard InChI is InChI=1S/C22H23N5O2S2/c1-12-6-7-15(8-13(12)2)16-10-30-20-19(16)21(29)26(4)22(24-20)31-11-18(28)23-17-9-14(3)25-27(17)5/h6-10H,11H2,1-5H3,(H,23,28). The van der Waals surface area contributed by atoms with Gasteiger partial charge in [0.15, 0.2) is 5.16 Å². The van der Waals surface area contributed by atoms with E-state index in [0.717, 1.165) is 16.8 Å². The topological polar surface area (TPSA) is 81.8 Å². The smallest absolute Gasteiger partial charge is 0.263 e. The fourth-order valence-electron chi connectivity index (χ4n) is 3.34. The van der Waals surface area contributed by atoms with E-state index in [4.69, 9.17) is 0 Å². The summed E-state index contributed by atoms with van der Waals surface area (Å²) in [5.74, 6) is 0.604. The molecule has 3 heterocycles. The lowest BCUT2D eigenvalue weighted by atomic mass is 10.0. The van der Waals surface area contributed by atoms with E-state index < -0.39 is 0 Å². The predicted molar refractivity (Wildman–Crippen MR) is 127 cm³/mol. The lowest BCUT2D eigenvalue weighted by Crippen LogP contribution is -2.21. The Kier molecular flexibility index (Phi) is 5.72. The van der Waals surface area contributed by atoms with Crippen molar-refractivity contribution in [1.29, 1.82) is 0 Å². The summed E-state index contributed by atoms with van der Waals surface area (Å²) in [6.45, 7) is 6.00. The van der Waals surface area contributed by atoms with Crippen LogP contribution < -0.4 is 10.9 Å². The average molecular weight is 454 g/mol. The van der Waals surface area contributed by atoms with Gasteiger partial charge in [-0.1, -0.05) is 30.0 Å². The van der Waals surface area contributed by atoms with E-state index in [1.54, 1.807) is 18.8 Å². The van der Waals surface area contributed by atoms with Crippen LogP contribution in [-0.4, -0.2) is 31.0 Å². The number of amides is 1. The maximum absolute atomic E-state index is 13.1. The molecule has 9 heteroatoms. The van der Waals surface area contributed by atoms with Gasteiger partial charge in [0, 0.05) is 31.1 Å². The number of aromatic nitrogens is 4. The van der Waals surface area contributed by atoms with Crippen LogP contribution in [0.1, 0.15) is 16.8 Å². The summed E-state index contributed by atoms with van der Waals surface area (Å²) in [6.07, 6.45) is 0. The van der Waals surface area contributed by atoms with Crippen LogP contribution in [0.4, 0.5) is 5.82 Å². The second-order valence-corrected chi connectivity index (χ2v) is 9.32. The molecule has 0 aliphatic heterocycles. The molecule has 3 aromatic heterocycles. The van der Waals surface area contributed by atoms with Gasteiger partial charge in [-0.25, -0.2) is 4.98 Å². The molecule has 0 spiro atoms.